The first-order valence-corrected chi connectivity index (χ1v) is 8.38. The van der Waals surface area contributed by atoms with Gasteiger partial charge in [0.2, 0.25) is 5.91 Å². The van der Waals surface area contributed by atoms with E-state index < -0.39 is 0 Å². The van der Waals surface area contributed by atoms with Crippen LogP contribution in [-0.4, -0.2) is 23.1 Å². The van der Waals surface area contributed by atoms with Gasteiger partial charge in [-0.3, -0.25) is 4.79 Å². The molecule has 1 amide bonds. The lowest BCUT2D eigenvalue weighted by Gasteiger charge is -2.27. The number of hydrogen-bond acceptors (Lipinski definition) is 3. The summed E-state index contributed by atoms with van der Waals surface area (Å²) in [6, 6.07) is 7.33. The van der Waals surface area contributed by atoms with E-state index in [9.17, 15) is 9.90 Å². The summed E-state index contributed by atoms with van der Waals surface area (Å²) in [5, 5.41) is 16.3. The minimum absolute atomic E-state index is 0.0809. The van der Waals surface area contributed by atoms with Gasteiger partial charge in [0.25, 0.3) is 0 Å². The molecule has 3 N–H and O–H groups in total. The molecule has 0 radical (unpaired) electrons. The number of carbonyl (C=O) groups excluding carboxylic acids is 1. The number of hydrogen-bond donors (Lipinski definition) is 3. The molecule has 4 nitrogen and oxygen atoms in total. The number of nitrogens with one attached hydrogen (secondary N) is 2. The highest BCUT2D eigenvalue weighted by Crippen LogP contribution is 2.19. The minimum Gasteiger partial charge on any atom is -0.508 e. The fourth-order valence-electron chi connectivity index (χ4n) is 3.05. The van der Waals surface area contributed by atoms with Crippen molar-refractivity contribution in [1.82, 2.24) is 10.6 Å². The van der Waals surface area contributed by atoms with E-state index in [1.54, 1.807) is 12.1 Å². The van der Waals surface area contributed by atoms with Crippen LogP contribution in [0, 0.1) is 5.92 Å². The number of rotatable bonds is 6. The van der Waals surface area contributed by atoms with Gasteiger partial charge in [0.05, 0.1) is 6.04 Å². The van der Waals surface area contributed by atoms with Crippen LogP contribution in [0.1, 0.15) is 51.5 Å². The van der Waals surface area contributed by atoms with Gasteiger partial charge in [0, 0.05) is 18.2 Å². The zero-order chi connectivity index (χ0) is 15.9. The third-order valence-corrected chi connectivity index (χ3v) is 4.40. The Kier molecular flexibility index (Phi) is 6.25. The third kappa shape index (κ3) is 4.73. The molecular weight excluding hydrogens is 276 g/mol. The summed E-state index contributed by atoms with van der Waals surface area (Å²) in [5.74, 6) is 0.553. The van der Waals surface area contributed by atoms with Crippen LogP contribution in [0.15, 0.2) is 24.3 Å². The maximum Gasteiger partial charge on any atom is 0.237 e. The molecule has 0 heterocycles. The highest BCUT2D eigenvalue weighted by Gasteiger charge is 2.25. The lowest BCUT2D eigenvalue weighted by molar-refractivity contribution is -0.125. The van der Waals surface area contributed by atoms with E-state index in [2.05, 4.69) is 10.6 Å². The molecule has 122 valence electrons. The second-order valence-electron chi connectivity index (χ2n) is 6.57. The molecule has 1 unspecified atom stereocenters. The Labute approximate surface area is 133 Å². The second kappa shape index (κ2) is 8.18. The van der Waals surface area contributed by atoms with E-state index in [0.717, 1.165) is 18.4 Å². The van der Waals surface area contributed by atoms with Gasteiger partial charge in [-0.25, -0.2) is 0 Å². The molecule has 4 heteroatoms. The quantitative estimate of drug-likeness (QED) is 0.757. The number of phenolic OH excluding ortho intramolecular Hbond substituents is 1. The van der Waals surface area contributed by atoms with Crippen molar-refractivity contribution in [1.29, 1.82) is 0 Å². The SMILES string of the molecule is CC(C)C(NCc1ccccc1O)C(=O)NC1CCCCC1. The van der Waals surface area contributed by atoms with Crippen LogP contribution in [0.4, 0.5) is 0 Å². The van der Waals surface area contributed by atoms with E-state index in [-0.39, 0.29) is 23.6 Å². The van der Waals surface area contributed by atoms with Gasteiger partial charge in [0.15, 0.2) is 0 Å². The Hall–Kier alpha value is -1.55. The molecule has 1 aromatic carbocycles. The standard InChI is InChI=1S/C18H28N2O2/c1-13(2)17(18(22)20-15-9-4-3-5-10-15)19-12-14-8-6-7-11-16(14)21/h6-8,11,13,15,17,19,21H,3-5,9-10,12H2,1-2H3,(H,20,22). The number of aromatic hydroxyl groups is 1. The van der Waals surface area contributed by atoms with E-state index in [0.29, 0.717) is 12.6 Å². The third-order valence-electron chi connectivity index (χ3n) is 4.40. The molecule has 1 fully saturated rings. The van der Waals surface area contributed by atoms with Gasteiger partial charge in [-0.15, -0.1) is 0 Å². The fourth-order valence-corrected chi connectivity index (χ4v) is 3.05. The number of para-hydroxylation sites is 1. The highest BCUT2D eigenvalue weighted by atomic mass is 16.3. The summed E-state index contributed by atoms with van der Waals surface area (Å²) < 4.78 is 0. The Morgan fingerprint density at radius 3 is 2.55 bits per heavy atom. The summed E-state index contributed by atoms with van der Waals surface area (Å²) in [4.78, 5) is 12.5. The van der Waals surface area contributed by atoms with Gasteiger partial charge < -0.3 is 15.7 Å². The lowest BCUT2D eigenvalue weighted by Crippen LogP contribution is -2.50. The molecule has 0 saturated heterocycles. The summed E-state index contributed by atoms with van der Waals surface area (Å²) in [6.07, 6.45) is 5.89. The largest absolute Gasteiger partial charge is 0.508 e. The molecule has 1 aliphatic rings. The number of benzene rings is 1. The van der Waals surface area contributed by atoms with Gasteiger partial charge in [-0.05, 0) is 24.8 Å². The summed E-state index contributed by atoms with van der Waals surface area (Å²) in [6.45, 7) is 4.58. The second-order valence-corrected chi connectivity index (χ2v) is 6.57. The van der Waals surface area contributed by atoms with Crippen molar-refractivity contribution >= 4 is 5.91 Å². The summed E-state index contributed by atoms with van der Waals surface area (Å²) >= 11 is 0. The maximum atomic E-state index is 12.5. The molecule has 1 aliphatic carbocycles. The van der Waals surface area contributed by atoms with Crippen molar-refractivity contribution in [3.63, 3.8) is 0 Å². The zero-order valence-corrected chi connectivity index (χ0v) is 13.6. The van der Waals surface area contributed by atoms with E-state index in [4.69, 9.17) is 0 Å². The molecule has 1 atom stereocenters. The Balaban J connectivity index is 1.91. The highest BCUT2D eigenvalue weighted by molar-refractivity contribution is 5.82. The van der Waals surface area contributed by atoms with Gasteiger partial charge >= 0.3 is 0 Å². The Morgan fingerprint density at radius 2 is 1.91 bits per heavy atom. The zero-order valence-electron chi connectivity index (χ0n) is 13.6. The maximum absolute atomic E-state index is 12.5. The lowest BCUT2D eigenvalue weighted by atomic mass is 9.94. The van der Waals surface area contributed by atoms with Crippen molar-refractivity contribution in [2.24, 2.45) is 5.92 Å². The van der Waals surface area contributed by atoms with Crippen molar-refractivity contribution in [3.8, 4) is 5.75 Å². The molecule has 0 spiro atoms. The van der Waals surface area contributed by atoms with Crippen LogP contribution in [-0.2, 0) is 11.3 Å². The van der Waals surface area contributed by atoms with Gasteiger partial charge in [-0.1, -0.05) is 51.3 Å². The van der Waals surface area contributed by atoms with E-state index in [1.807, 2.05) is 26.0 Å². The first kappa shape index (κ1) is 16.8. The molecule has 2 rings (SSSR count). The fraction of sp³-hybridized carbons (Fsp3) is 0.611. The van der Waals surface area contributed by atoms with Crippen molar-refractivity contribution in [3.05, 3.63) is 29.8 Å². The van der Waals surface area contributed by atoms with Crippen LogP contribution in [0.25, 0.3) is 0 Å². The normalized spacial score (nSPS) is 17.4. The van der Waals surface area contributed by atoms with Crippen LogP contribution < -0.4 is 10.6 Å². The first-order valence-electron chi connectivity index (χ1n) is 8.38. The molecule has 1 aromatic rings. The minimum atomic E-state index is -0.235. The van der Waals surface area contributed by atoms with Crippen molar-refractivity contribution in [2.45, 2.75) is 64.6 Å². The average Bonchev–Trinajstić information content (AvgIpc) is 2.50. The van der Waals surface area contributed by atoms with Crippen LogP contribution in [0.5, 0.6) is 5.75 Å². The molecule has 22 heavy (non-hydrogen) atoms. The number of phenols is 1. The average molecular weight is 304 g/mol. The van der Waals surface area contributed by atoms with Gasteiger partial charge in [-0.2, -0.15) is 0 Å². The summed E-state index contributed by atoms with van der Waals surface area (Å²) in [7, 11) is 0. The van der Waals surface area contributed by atoms with Gasteiger partial charge in [0.1, 0.15) is 5.75 Å². The van der Waals surface area contributed by atoms with E-state index in [1.165, 1.54) is 19.3 Å². The molecule has 0 aromatic heterocycles. The smallest absolute Gasteiger partial charge is 0.237 e. The molecular formula is C18H28N2O2. The predicted octanol–water partition coefficient (Wildman–Crippen LogP) is 2.96. The molecule has 1 saturated carbocycles. The van der Waals surface area contributed by atoms with Crippen molar-refractivity contribution in [2.75, 3.05) is 0 Å². The summed E-state index contributed by atoms with van der Waals surface area (Å²) in [5.41, 5.74) is 0.818. The topological polar surface area (TPSA) is 61.4 Å². The van der Waals surface area contributed by atoms with E-state index >= 15 is 0 Å². The van der Waals surface area contributed by atoms with Crippen molar-refractivity contribution < 1.29 is 9.90 Å². The predicted molar refractivity (Wildman–Crippen MR) is 88.6 cm³/mol. The number of carbonyl (C=O) groups is 1. The van der Waals surface area contributed by atoms with Crippen LogP contribution >= 0.6 is 0 Å². The van der Waals surface area contributed by atoms with Crippen LogP contribution in [0.2, 0.25) is 0 Å². The molecule has 0 aliphatic heterocycles. The monoisotopic (exact) mass is 304 g/mol. The number of amides is 1. The first-order chi connectivity index (χ1) is 10.6. The molecule has 0 bridgehead atoms. The Bertz CT molecular complexity index is 482. The Morgan fingerprint density at radius 1 is 1.23 bits per heavy atom. The van der Waals surface area contributed by atoms with Crippen LogP contribution in [0.3, 0.4) is 0 Å².